The molecule has 0 N–H and O–H groups in total. The third-order valence-corrected chi connectivity index (χ3v) is 5.58. The van der Waals surface area contributed by atoms with Crippen LogP contribution in [-0.4, -0.2) is 77.7 Å². The van der Waals surface area contributed by atoms with Crippen LogP contribution in [0.4, 0.5) is 0 Å². The zero-order valence-electron chi connectivity index (χ0n) is 16.6. The van der Waals surface area contributed by atoms with E-state index < -0.39 is 11.8 Å². The van der Waals surface area contributed by atoms with Gasteiger partial charge in [0.2, 0.25) is 5.91 Å². The first kappa shape index (κ1) is 20.9. The molecule has 2 aliphatic heterocycles. The Labute approximate surface area is 183 Å². The lowest BCUT2D eigenvalue weighted by atomic mass is 10.1. The van der Waals surface area contributed by atoms with E-state index in [0.29, 0.717) is 48.1 Å². The van der Waals surface area contributed by atoms with Crippen molar-refractivity contribution in [1.29, 1.82) is 0 Å². The second-order valence-electron chi connectivity index (χ2n) is 7.25. The molecule has 2 aromatic carbocycles. The highest BCUT2D eigenvalue weighted by molar-refractivity contribution is 6.30. The molecule has 4 amide bonds. The summed E-state index contributed by atoms with van der Waals surface area (Å²) in [7, 11) is 0. The number of carbonyl (C=O) groups excluding carboxylic acids is 4. The number of amides is 4. The standard InChI is InChI=1S/C22H20ClN3O5/c23-15-5-7-16(8-6-15)31-14-20(28)25-11-9-24(10-12-25)19(27)13-26-21(29)17-3-1-2-4-18(17)22(26)30/h1-8H,9-14H2. The lowest BCUT2D eigenvalue weighted by Gasteiger charge is -2.35. The first-order valence-corrected chi connectivity index (χ1v) is 10.2. The molecule has 2 aliphatic rings. The summed E-state index contributed by atoms with van der Waals surface area (Å²) < 4.78 is 5.48. The van der Waals surface area contributed by atoms with Crippen LogP contribution >= 0.6 is 11.6 Å². The molecule has 0 unspecified atom stereocenters. The fraction of sp³-hybridized carbons (Fsp3) is 0.273. The van der Waals surface area contributed by atoms with Crippen LogP contribution in [0, 0.1) is 0 Å². The topological polar surface area (TPSA) is 87.2 Å². The van der Waals surface area contributed by atoms with Crippen LogP contribution in [0.1, 0.15) is 20.7 Å². The van der Waals surface area contributed by atoms with Gasteiger partial charge in [-0.25, -0.2) is 0 Å². The lowest BCUT2D eigenvalue weighted by molar-refractivity contribution is -0.140. The van der Waals surface area contributed by atoms with Crippen LogP contribution in [0.3, 0.4) is 0 Å². The number of carbonyl (C=O) groups is 4. The minimum Gasteiger partial charge on any atom is -0.484 e. The molecule has 0 atom stereocenters. The fourth-order valence-electron chi connectivity index (χ4n) is 3.59. The zero-order valence-corrected chi connectivity index (χ0v) is 17.4. The number of fused-ring (bicyclic) bond motifs is 1. The van der Waals surface area contributed by atoms with Crippen molar-refractivity contribution in [2.75, 3.05) is 39.3 Å². The zero-order chi connectivity index (χ0) is 22.0. The van der Waals surface area contributed by atoms with E-state index in [2.05, 4.69) is 0 Å². The monoisotopic (exact) mass is 441 g/mol. The van der Waals surface area contributed by atoms with Crippen LogP contribution in [0.25, 0.3) is 0 Å². The molecule has 0 aromatic heterocycles. The first-order valence-electron chi connectivity index (χ1n) is 9.83. The summed E-state index contributed by atoms with van der Waals surface area (Å²) in [6.45, 7) is 0.960. The van der Waals surface area contributed by atoms with Crippen molar-refractivity contribution < 1.29 is 23.9 Å². The minimum atomic E-state index is -0.456. The molecule has 0 bridgehead atoms. The third-order valence-electron chi connectivity index (χ3n) is 5.33. The van der Waals surface area contributed by atoms with Gasteiger partial charge >= 0.3 is 0 Å². The summed E-state index contributed by atoms with van der Waals surface area (Å²) >= 11 is 5.83. The van der Waals surface area contributed by atoms with Gasteiger partial charge in [-0.1, -0.05) is 23.7 Å². The Morgan fingerprint density at radius 3 is 1.87 bits per heavy atom. The number of benzene rings is 2. The summed E-state index contributed by atoms with van der Waals surface area (Å²) in [6, 6.07) is 13.3. The summed E-state index contributed by atoms with van der Waals surface area (Å²) in [4.78, 5) is 54.1. The van der Waals surface area contributed by atoms with E-state index >= 15 is 0 Å². The number of rotatable bonds is 5. The average molecular weight is 442 g/mol. The van der Waals surface area contributed by atoms with E-state index in [0.717, 1.165) is 4.90 Å². The smallest absolute Gasteiger partial charge is 0.262 e. The summed E-state index contributed by atoms with van der Waals surface area (Å²) in [6.07, 6.45) is 0. The number of nitrogens with zero attached hydrogens (tertiary/aromatic N) is 3. The summed E-state index contributed by atoms with van der Waals surface area (Å²) in [5, 5.41) is 0.584. The Morgan fingerprint density at radius 1 is 0.806 bits per heavy atom. The Hall–Kier alpha value is -3.39. The molecule has 0 saturated carbocycles. The maximum Gasteiger partial charge on any atom is 0.262 e. The lowest BCUT2D eigenvalue weighted by Crippen LogP contribution is -2.53. The van der Waals surface area contributed by atoms with Crippen molar-refractivity contribution in [1.82, 2.24) is 14.7 Å². The van der Waals surface area contributed by atoms with Crippen LogP contribution in [0.2, 0.25) is 5.02 Å². The second-order valence-corrected chi connectivity index (χ2v) is 7.68. The Kier molecular flexibility index (Phi) is 5.90. The third kappa shape index (κ3) is 4.39. The SMILES string of the molecule is O=C(COc1ccc(Cl)cc1)N1CCN(C(=O)CN2C(=O)c3ccccc3C2=O)CC1. The molecule has 1 saturated heterocycles. The maximum atomic E-state index is 12.7. The van der Waals surface area contributed by atoms with E-state index in [1.807, 2.05) is 0 Å². The summed E-state index contributed by atoms with van der Waals surface area (Å²) in [5.74, 6) is -0.863. The quantitative estimate of drug-likeness (QED) is 0.659. The molecule has 9 heteroatoms. The van der Waals surface area contributed by atoms with Gasteiger partial charge in [-0.3, -0.25) is 24.1 Å². The molecule has 0 radical (unpaired) electrons. The molecule has 8 nitrogen and oxygen atoms in total. The normalized spacial score (nSPS) is 15.8. The number of hydrogen-bond acceptors (Lipinski definition) is 5. The van der Waals surface area contributed by atoms with E-state index in [9.17, 15) is 19.2 Å². The van der Waals surface area contributed by atoms with Crippen LogP contribution in [0.15, 0.2) is 48.5 Å². The highest BCUT2D eigenvalue weighted by atomic mass is 35.5. The molecule has 160 valence electrons. The molecule has 2 heterocycles. The molecule has 4 rings (SSSR count). The van der Waals surface area contributed by atoms with Gasteiger partial charge < -0.3 is 14.5 Å². The van der Waals surface area contributed by atoms with Gasteiger partial charge in [0.1, 0.15) is 12.3 Å². The number of hydrogen-bond donors (Lipinski definition) is 0. The highest BCUT2D eigenvalue weighted by Gasteiger charge is 2.37. The van der Waals surface area contributed by atoms with E-state index in [1.54, 1.807) is 58.3 Å². The predicted molar refractivity (Wildman–Crippen MR) is 112 cm³/mol. The Morgan fingerprint density at radius 2 is 1.32 bits per heavy atom. The molecular formula is C22H20ClN3O5. The van der Waals surface area contributed by atoms with Crippen molar-refractivity contribution in [2.45, 2.75) is 0 Å². The second kappa shape index (κ2) is 8.77. The van der Waals surface area contributed by atoms with Crippen LogP contribution < -0.4 is 4.74 Å². The number of imide groups is 1. The number of ether oxygens (including phenoxy) is 1. The molecule has 0 aliphatic carbocycles. The summed E-state index contributed by atoms with van der Waals surface area (Å²) in [5.41, 5.74) is 0.632. The van der Waals surface area contributed by atoms with Gasteiger partial charge in [-0.15, -0.1) is 0 Å². The van der Waals surface area contributed by atoms with Gasteiger partial charge in [0.05, 0.1) is 11.1 Å². The molecule has 1 fully saturated rings. The number of piperazine rings is 1. The van der Waals surface area contributed by atoms with Gasteiger partial charge in [0.25, 0.3) is 17.7 Å². The van der Waals surface area contributed by atoms with Crippen LogP contribution in [0.5, 0.6) is 5.75 Å². The molecular weight excluding hydrogens is 422 g/mol. The van der Waals surface area contributed by atoms with Gasteiger partial charge in [0, 0.05) is 31.2 Å². The van der Waals surface area contributed by atoms with Gasteiger partial charge in [-0.05, 0) is 36.4 Å². The van der Waals surface area contributed by atoms with Crippen molar-refractivity contribution in [2.24, 2.45) is 0 Å². The Bertz CT molecular complexity index is 997. The highest BCUT2D eigenvalue weighted by Crippen LogP contribution is 2.22. The largest absolute Gasteiger partial charge is 0.484 e. The minimum absolute atomic E-state index is 0.107. The first-order chi connectivity index (χ1) is 14.9. The van der Waals surface area contributed by atoms with Crippen molar-refractivity contribution >= 4 is 35.2 Å². The van der Waals surface area contributed by atoms with Gasteiger partial charge in [-0.2, -0.15) is 0 Å². The van der Waals surface area contributed by atoms with Gasteiger partial charge in [0.15, 0.2) is 6.61 Å². The van der Waals surface area contributed by atoms with Crippen molar-refractivity contribution in [3.63, 3.8) is 0 Å². The van der Waals surface area contributed by atoms with Crippen molar-refractivity contribution in [3.05, 3.63) is 64.7 Å². The van der Waals surface area contributed by atoms with E-state index in [1.165, 1.54) is 0 Å². The average Bonchev–Trinajstić information content (AvgIpc) is 3.03. The molecule has 31 heavy (non-hydrogen) atoms. The predicted octanol–water partition coefficient (Wildman–Crippen LogP) is 1.69. The van der Waals surface area contributed by atoms with Crippen LogP contribution in [-0.2, 0) is 9.59 Å². The molecule has 0 spiro atoms. The van der Waals surface area contributed by atoms with E-state index in [4.69, 9.17) is 16.3 Å². The maximum absolute atomic E-state index is 12.7. The molecule has 2 aromatic rings. The Balaban J connectivity index is 1.26. The fourth-order valence-corrected chi connectivity index (χ4v) is 3.72. The van der Waals surface area contributed by atoms with Crippen molar-refractivity contribution in [3.8, 4) is 5.75 Å². The van der Waals surface area contributed by atoms with E-state index in [-0.39, 0.29) is 25.0 Å². The number of halogens is 1.